The fourth-order valence-electron chi connectivity index (χ4n) is 4.95. The first-order chi connectivity index (χ1) is 18.8. The number of hydrogen-bond acceptors (Lipinski definition) is 4. The van der Waals surface area contributed by atoms with Crippen LogP contribution in [0.2, 0.25) is 10.0 Å². The number of nitrogens with zero attached hydrogens (tertiary/aromatic N) is 4. The van der Waals surface area contributed by atoms with Gasteiger partial charge in [0, 0.05) is 36.8 Å². The van der Waals surface area contributed by atoms with Crippen molar-refractivity contribution in [2.45, 2.75) is 32.7 Å². The van der Waals surface area contributed by atoms with Crippen molar-refractivity contribution in [2.75, 3.05) is 26.2 Å². The zero-order valence-corrected chi connectivity index (χ0v) is 23.0. The van der Waals surface area contributed by atoms with Crippen LogP contribution in [0.3, 0.4) is 0 Å². The fourth-order valence-corrected chi connectivity index (χ4v) is 5.44. The Kier molecular flexibility index (Phi) is 8.20. The highest BCUT2D eigenvalue weighted by atomic mass is 35.5. The van der Waals surface area contributed by atoms with Gasteiger partial charge in [0.25, 0.3) is 5.91 Å². The molecule has 0 radical (unpaired) electrons. The summed E-state index contributed by atoms with van der Waals surface area (Å²) in [6.45, 7) is 4.26. The van der Waals surface area contributed by atoms with E-state index < -0.39 is 0 Å². The molecular formula is C28H29Cl2FN6O2. The van der Waals surface area contributed by atoms with Crippen LogP contribution in [0, 0.1) is 5.82 Å². The lowest BCUT2D eigenvalue weighted by Crippen LogP contribution is -2.46. The van der Waals surface area contributed by atoms with Crippen LogP contribution >= 0.6 is 23.2 Å². The zero-order chi connectivity index (χ0) is 27.5. The Morgan fingerprint density at radius 2 is 1.79 bits per heavy atom. The summed E-state index contributed by atoms with van der Waals surface area (Å²) in [4.78, 5) is 28.2. The van der Waals surface area contributed by atoms with Crippen LogP contribution in [-0.4, -0.2) is 57.8 Å². The highest BCUT2D eigenvalue weighted by Gasteiger charge is 2.34. The minimum atomic E-state index is -0.351. The normalized spacial score (nSPS) is 16.7. The largest absolute Gasteiger partial charge is 0.338 e. The molecule has 2 N–H and O–H groups in total. The minimum Gasteiger partial charge on any atom is -0.338 e. The van der Waals surface area contributed by atoms with Crippen LogP contribution in [0.15, 0.2) is 42.5 Å². The quantitative estimate of drug-likeness (QED) is 0.422. The number of fused-ring (bicyclic) bond motifs is 1. The number of halogens is 3. The lowest BCUT2D eigenvalue weighted by Gasteiger charge is -2.30. The predicted molar refractivity (Wildman–Crippen MR) is 150 cm³/mol. The Hall–Kier alpha value is -3.40. The van der Waals surface area contributed by atoms with E-state index in [9.17, 15) is 14.0 Å². The Labute approximate surface area is 236 Å². The molecule has 0 unspecified atom stereocenters. The van der Waals surface area contributed by atoms with Crippen LogP contribution in [0.4, 0.5) is 9.18 Å². The third-order valence-corrected chi connectivity index (χ3v) is 7.33. The molecule has 3 amide bonds. The first-order valence-corrected chi connectivity index (χ1v) is 13.7. The van der Waals surface area contributed by atoms with Crippen LogP contribution < -0.4 is 10.7 Å². The van der Waals surface area contributed by atoms with Gasteiger partial charge in [-0.15, -0.1) is 0 Å². The van der Waals surface area contributed by atoms with E-state index >= 15 is 0 Å². The van der Waals surface area contributed by atoms with Gasteiger partial charge in [-0.1, -0.05) is 41.8 Å². The van der Waals surface area contributed by atoms with Crippen molar-refractivity contribution < 1.29 is 14.0 Å². The number of urea groups is 1. The molecule has 1 saturated heterocycles. The number of benzene rings is 2. The molecule has 1 aromatic heterocycles. The van der Waals surface area contributed by atoms with E-state index in [1.807, 2.05) is 18.0 Å². The summed E-state index contributed by atoms with van der Waals surface area (Å²) in [6, 6.07) is 10.9. The molecule has 0 aliphatic carbocycles. The second kappa shape index (κ2) is 11.8. The van der Waals surface area contributed by atoms with Gasteiger partial charge >= 0.3 is 6.03 Å². The number of hydrazine groups is 1. The third-order valence-electron chi connectivity index (χ3n) is 6.79. The Balaban J connectivity index is 1.67. The number of aromatic nitrogens is 2. The molecule has 3 heterocycles. The van der Waals surface area contributed by atoms with E-state index in [-0.39, 0.29) is 36.5 Å². The van der Waals surface area contributed by atoms with Gasteiger partial charge in [0.15, 0.2) is 5.69 Å². The summed E-state index contributed by atoms with van der Waals surface area (Å²) in [5.74, 6) is -0.698. The summed E-state index contributed by atoms with van der Waals surface area (Å²) in [5.41, 5.74) is 6.48. The molecule has 11 heteroatoms. The fraction of sp³-hybridized carbons (Fsp3) is 0.321. The smallest absolute Gasteiger partial charge is 0.317 e. The maximum atomic E-state index is 13.6. The standard InChI is InChI=1S/C28H29Cl2FN6O2/c1-2-32-28(39)35-16-19(14-18-6-9-21(31)10-7-18)26-22(17-35)25(27(38)34-36-12-4-3-5-13-36)33-37(26)24-11-8-20(29)15-23(24)30/h6-11,14-15H,2-5,12-13,16-17H2,1H3,(H,32,39)(H,34,38). The Bertz CT molecular complexity index is 1420. The van der Waals surface area contributed by atoms with Crippen molar-refractivity contribution in [3.8, 4) is 5.69 Å². The topological polar surface area (TPSA) is 82.5 Å². The van der Waals surface area contributed by atoms with Gasteiger partial charge < -0.3 is 10.2 Å². The number of rotatable bonds is 5. The molecule has 8 nitrogen and oxygen atoms in total. The molecule has 2 aliphatic heterocycles. The highest BCUT2D eigenvalue weighted by Crippen LogP contribution is 2.36. The van der Waals surface area contributed by atoms with Crippen molar-refractivity contribution in [3.05, 3.63) is 80.8 Å². The maximum absolute atomic E-state index is 13.6. The van der Waals surface area contributed by atoms with Crippen LogP contribution in [0.5, 0.6) is 0 Å². The minimum absolute atomic E-state index is 0.176. The Morgan fingerprint density at radius 3 is 2.49 bits per heavy atom. The summed E-state index contributed by atoms with van der Waals surface area (Å²) < 4.78 is 15.3. The summed E-state index contributed by atoms with van der Waals surface area (Å²) >= 11 is 12.8. The summed E-state index contributed by atoms with van der Waals surface area (Å²) in [5, 5.41) is 10.3. The average Bonchev–Trinajstić information content (AvgIpc) is 3.30. The van der Waals surface area contributed by atoms with Gasteiger partial charge in [-0.3, -0.25) is 10.2 Å². The first-order valence-electron chi connectivity index (χ1n) is 13.0. The van der Waals surface area contributed by atoms with Crippen molar-refractivity contribution in [2.24, 2.45) is 0 Å². The lowest BCUT2D eigenvalue weighted by molar-refractivity contribution is 0.0742. The van der Waals surface area contributed by atoms with E-state index in [0.29, 0.717) is 33.5 Å². The molecule has 0 bridgehead atoms. The molecule has 204 valence electrons. The summed E-state index contributed by atoms with van der Waals surface area (Å²) in [7, 11) is 0. The van der Waals surface area contributed by atoms with Crippen LogP contribution in [0.25, 0.3) is 17.3 Å². The second-order valence-electron chi connectivity index (χ2n) is 9.58. The Morgan fingerprint density at radius 1 is 1.05 bits per heavy atom. The molecule has 1 fully saturated rings. The molecular weight excluding hydrogens is 542 g/mol. The van der Waals surface area contributed by atoms with Crippen molar-refractivity contribution in [1.82, 2.24) is 30.4 Å². The molecule has 2 aromatic carbocycles. The van der Waals surface area contributed by atoms with E-state index in [2.05, 4.69) is 10.7 Å². The second-order valence-corrected chi connectivity index (χ2v) is 10.4. The van der Waals surface area contributed by atoms with E-state index in [1.54, 1.807) is 39.9 Å². The molecule has 3 aromatic rings. The van der Waals surface area contributed by atoms with Crippen molar-refractivity contribution in [3.63, 3.8) is 0 Å². The van der Waals surface area contributed by atoms with Crippen molar-refractivity contribution in [1.29, 1.82) is 0 Å². The monoisotopic (exact) mass is 570 g/mol. The van der Waals surface area contributed by atoms with E-state index in [0.717, 1.165) is 43.5 Å². The first kappa shape index (κ1) is 27.2. The number of hydrogen-bond donors (Lipinski definition) is 2. The number of carbonyl (C=O) groups excluding carboxylic acids is 2. The number of piperidine rings is 1. The number of carbonyl (C=O) groups is 2. The summed E-state index contributed by atoms with van der Waals surface area (Å²) in [6.07, 6.45) is 5.01. The van der Waals surface area contributed by atoms with Crippen LogP contribution in [0.1, 0.15) is 53.5 Å². The van der Waals surface area contributed by atoms with Crippen LogP contribution in [-0.2, 0) is 6.54 Å². The molecule has 0 saturated carbocycles. The SMILES string of the molecule is CCNC(=O)N1CC(=Cc2ccc(F)cc2)c2c(c(C(=O)NN3CCCCC3)nn2-c2ccc(Cl)cc2Cl)C1. The third kappa shape index (κ3) is 5.95. The number of amides is 3. The highest BCUT2D eigenvalue weighted by molar-refractivity contribution is 6.35. The molecule has 2 aliphatic rings. The average molecular weight is 571 g/mol. The molecule has 0 spiro atoms. The molecule has 0 atom stereocenters. The molecule has 5 rings (SSSR count). The lowest BCUT2D eigenvalue weighted by atomic mass is 9.97. The molecule has 39 heavy (non-hydrogen) atoms. The van der Waals surface area contributed by atoms with Gasteiger partial charge in [-0.05, 0) is 67.3 Å². The zero-order valence-electron chi connectivity index (χ0n) is 21.5. The van der Waals surface area contributed by atoms with Crippen molar-refractivity contribution >= 4 is 46.8 Å². The van der Waals surface area contributed by atoms with Gasteiger partial charge in [-0.25, -0.2) is 18.9 Å². The van der Waals surface area contributed by atoms with Gasteiger partial charge in [0.2, 0.25) is 0 Å². The van der Waals surface area contributed by atoms with Gasteiger partial charge in [0.1, 0.15) is 5.82 Å². The maximum Gasteiger partial charge on any atom is 0.317 e. The van der Waals surface area contributed by atoms with Gasteiger partial charge in [0.05, 0.1) is 22.9 Å². The number of nitrogens with one attached hydrogen (secondary N) is 2. The van der Waals surface area contributed by atoms with E-state index in [1.165, 1.54) is 12.1 Å². The van der Waals surface area contributed by atoms with E-state index in [4.69, 9.17) is 28.3 Å². The predicted octanol–water partition coefficient (Wildman–Crippen LogP) is 5.53. The van der Waals surface area contributed by atoms with Gasteiger partial charge in [-0.2, -0.15) is 5.10 Å².